The quantitative estimate of drug-likeness (QED) is 0.118. The van der Waals surface area contributed by atoms with Gasteiger partial charge in [-0.05, 0) is 45.3 Å². The van der Waals surface area contributed by atoms with Crippen LogP contribution in [0.15, 0.2) is 49.1 Å². The predicted molar refractivity (Wildman–Crippen MR) is 109 cm³/mol. The Labute approximate surface area is 150 Å². The van der Waals surface area contributed by atoms with E-state index in [1.54, 1.807) is 0 Å². The summed E-state index contributed by atoms with van der Waals surface area (Å²) in [4.78, 5) is 11.0. The van der Waals surface area contributed by atoms with Gasteiger partial charge in [0.1, 0.15) is 0 Å². The normalized spacial score (nSPS) is 11.0. The zero-order valence-corrected chi connectivity index (χ0v) is 17.1. The molecule has 0 heterocycles. The minimum Gasteiger partial charge on any atom is -0.463 e. The van der Waals surface area contributed by atoms with Crippen LogP contribution in [0.5, 0.6) is 0 Å². The van der Waals surface area contributed by atoms with E-state index in [0.29, 0.717) is 6.61 Å². The molecule has 24 heavy (non-hydrogen) atoms. The van der Waals surface area contributed by atoms with E-state index < -0.39 is 8.07 Å². The number of allylic oxidation sites excluding steroid dienone is 3. The van der Waals surface area contributed by atoms with Gasteiger partial charge in [0.25, 0.3) is 0 Å². The minimum absolute atomic E-state index is 0.328. The van der Waals surface area contributed by atoms with Crippen LogP contribution >= 0.6 is 0 Å². The Balaban J connectivity index is 4.45. The summed E-state index contributed by atoms with van der Waals surface area (Å²) in [6.45, 7) is 22.8. The molecule has 0 saturated carbocycles. The average Bonchev–Trinajstić information content (AvgIpc) is 2.43. The molecule has 0 aromatic heterocycles. The first-order valence-electron chi connectivity index (χ1n) is 8.93. The van der Waals surface area contributed by atoms with E-state index in [1.807, 2.05) is 0 Å². The molecule has 0 aliphatic carbocycles. The van der Waals surface area contributed by atoms with Gasteiger partial charge < -0.3 is 4.74 Å². The van der Waals surface area contributed by atoms with E-state index in [4.69, 9.17) is 4.74 Å². The Hall–Kier alpha value is -1.35. The van der Waals surface area contributed by atoms with E-state index in [2.05, 4.69) is 47.1 Å². The molecule has 2 nitrogen and oxygen atoms in total. The van der Waals surface area contributed by atoms with Gasteiger partial charge in [0.05, 0.1) is 14.7 Å². The van der Waals surface area contributed by atoms with E-state index in [9.17, 15) is 4.79 Å². The van der Waals surface area contributed by atoms with Gasteiger partial charge in [-0.25, -0.2) is 4.79 Å². The Morgan fingerprint density at radius 1 is 0.875 bits per heavy atom. The minimum atomic E-state index is -1.47. The van der Waals surface area contributed by atoms with Crippen molar-refractivity contribution in [1.82, 2.24) is 0 Å². The lowest BCUT2D eigenvalue weighted by molar-refractivity contribution is -0.137. The first-order chi connectivity index (χ1) is 11.2. The van der Waals surface area contributed by atoms with Crippen LogP contribution in [0.2, 0.25) is 24.2 Å². The van der Waals surface area contributed by atoms with Gasteiger partial charge >= 0.3 is 5.97 Å². The van der Waals surface area contributed by atoms with Crippen LogP contribution in [0, 0.1) is 0 Å². The fraction of sp³-hybridized carbons (Fsp3) is 0.571. The van der Waals surface area contributed by atoms with E-state index in [-0.39, 0.29) is 5.97 Å². The summed E-state index contributed by atoms with van der Waals surface area (Å²) in [7, 11) is -1.47. The maximum Gasteiger partial charge on any atom is 0.330 e. The highest BCUT2D eigenvalue weighted by Crippen LogP contribution is 2.35. The standard InChI is InChI=1S/C21H36O2Si/c1-8-21(22)23-13-11-9-10-12-14-24(15-18(2)3,16-19(4)5)17-20(6)7/h8H,1-2,4,6,9-17H2,3,5,7H3. The molecule has 0 N–H and O–H groups in total. The summed E-state index contributed by atoms with van der Waals surface area (Å²) in [5.41, 5.74) is 3.88. The van der Waals surface area contributed by atoms with E-state index >= 15 is 0 Å². The molecule has 0 aliphatic rings. The molecule has 0 radical (unpaired) electrons. The molecule has 0 saturated heterocycles. The van der Waals surface area contributed by atoms with Gasteiger partial charge in [-0.3, -0.25) is 0 Å². The second kappa shape index (κ2) is 12.1. The lowest BCUT2D eigenvalue weighted by Gasteiger charge is -2.33. The molecule has 0 atom stereocenters. The highest BCUT2D eigenvalue weighted by molar-refractivity contribution is 6.81. The van der Waals surface area contributed by atoms with Crippen molar-refractivity contribution in [2.75, 3.05) is 6.61 Å². The molecule has 0 bridgehead atoms. The number of esters is 1. The van der Waals surface area contributed by atoms with Crippen LogP contribution < -0.4 is 0 Å². The fourth-order valence-corrected chi connectivity index (χ4v) is 9.31. The van der Waals surface area contributed by atoms with Crippen molar-refractivity contribution < 1.29 is 9.53 Å². The first kappa shape index (κ1) is 22.6. The van der Waals surface area contributed by atoms with Crippen molar-refractivity contribution >= 4 is 14.0 Å². The summed E-state index contributed by atoms with van der Waals surface area (Å²) in [6.07, 6.45) is 5.66. The Morgan fingerprint density at radius 2 is 1.33 bits per heavy atom. The number of ether oxygens (including phenoxy) is 1. The van der Waals surface area contributed by atoms with Crippen molar-refractivity contribution in [1.29, 1.82) is 0 Å². The lowest BCUT2D eigenvalue weighted by atomic mass is 10.2. The Morgan fingerprint density at radius 3 is 1.75 bits per heavy atom. The van der Waals surface area contributed by atoms with Gasteiger partial charge in [-0.1, -0.05) is 48.6 Å². The highest BCUT2D eigenvalue weighted by Gasteiger charge is 2.32. The Kier molecular flexibility index (Phi) is 11.4. The summed E-state index contributed by atoms with van der Waals surface area (Å²) in [6, 6.07) is 4.81. The fourth-order valence-electron chi connectivity index (χ4n) is 3.56. The summed E-state index contributed by atoms with van der Waals surface area (Å²) >= 11 is 0. The van der Waals surface area contributed by atoms with E-state index in [0.717, 1.165) is 12.8 Å². The maximum atomic E-state index is 11.0. The number of unbranched alkanes of at least 4 members (excludes halogenated alkanes) is 3. The zero-order valence-electron chi connectivity index (χ0n) is 16.1. The molecule has 0 unspecified atom stereocenters. The first-order valence-corrected chi connectivity index (χ1v) is 11.8. The topological polar surface area (TPSA) is 26.3 Å². The highest BCUT2D eigenvalue weighted by atomic mass is 28.3. The van der Waals surface area contributed by atoms with Crippen LogP contribution in [-0.2, 0) is 9.53 Å². The molecule has 0 aromatic carbocycles. The summed E-state index contributed by atoms with van der Waals surface area (Å²) in [5, 5.41) is 0. The molecule has 0 rings (SSSR count). The van der Waals surface area contributed by atoms with Gasteiger partial charge in [-0.2, -0.15) is 0 Å². The maximum absolute atomic E-state index is 11.0. The number of rotatable bonds is 14. The molecule has 136 valence electrons. The smallest absolute Gasteiger partial charge is 0.330 e. The van der Waals surface area contributed by atoms with Gasteiger partial charge in [-0.15, -0.1) is 19.7 Å². The molecular formula is C21H36O2Si. The second-order valence-electron chi connectivity index (χ2n) is 7.44. The number of carbonyl (C=O) groups excluding carboxylic acids is 1. The Bertz CT molecular complexity index is 422. The van der Waals surface area contributed by atoms with Gasteiger partial charge in [0, 0.05) is 6.08 Å². The number of hydrogen-bond donors (Lipinski definition) is 0. The molecule has 0 fully saturated rings. The summed E-state index contributed by atoms with van der Waals surface area (Å²) < 4.78 is 5.01. The number of hydrogen-bond acceptors (Lipinski definition) is 2. The molecule has 0 amide bonds. The average molecular weight is 349 g/mol. The van der Waals surface area contributed by atoms with Gasteiger partial charge in [0.15, 0.2) is 0 Å². The van der Waals surface area contributed by atoms with Gasteiger partial charge in [0.2, 0.25) is 0 Å². The van der Waals surface area contributed by atoms with Crippen LogP contribution in [0.25, 0.3) is 0 Å². The molecular weight excluding hydrogens is 312 g/mol. The largest absolute Gasteiger partial charge is 0.463 e. The van der Waals surface area contributed by atoms with Crippen molar-refractivity contribution in [3.05, 3.63) is 49.1 Å². The molecule has 0 spiro atoms. The zero-order chi connectivity index (χ0) is 18.6. The number of carbonyl (C=O) groups is 1. The van der Waals surface area contributed by atoms with Crippen molar-refractivity contribution in [2.24, 2.45) is 0 Å². The van der Waals surface area contributed by atoms with Crippen LogP contribution in [0.3, 0.4) is 0 Å². The molecule has 0 aliphatic heterocycles. The third-order valence-electron chi connectivity index (χ3n) is 4.04. The van der Waals surface area contributed by atoms with E-state index in [1.165, 1.54) is 59.8 Å². The van der Waals surface area contributed by atoms with Crippen LogP contribution in [-0.4, -0.2) is 20.7 Å². The lowest BCUT2D eigenvalue weighted by Crippen LogP contribution is -2.34. The van der Waals surface area contributed by atoms with Crippen molar-refractivity contribution in [3.8, 4) is 0 Å². The van der Waals surface area contributed by atoms with Crippen molar-refractivity contribution in [3.63, 3.8) is 0 Å². The monoisotopic (exact) mass is 348 g/mol. The predicted octanol–water partition coefficient (Wildman–Crippen LogP) is 6.45. The van der Waals surface area contributed by atoms with Crippen LogP contribution in [0.4, 0.5) is 0 Å². The SMILES string of the molecule is C=CC(=O)OCCCCCC[Si](CC(=C)C)(CC(=C)C)CC(=C)C. The second-order valence-corrected chi connectivity index (χ2v) is 12.0. The summed E-state index contributed by atoms with van der Waals surface area (Å²) in [5.74, 6) is -0.328. The third kappa shape index (κ3) is 11.2. The molecule has 0 aromatic rings. The third-order valence-corrected chi connectivity index (χ3v) is 9.52. The molecule has 3 heteroatoms. The van der Waals surface area contributed by atoms with Crippen LogP contribution in [0.1, 0.15) is 46.5 Å². The van der Waals surface area contributed by atoms with Crippen molar-refractivity contribution in [2.45, 2.75) is 70.6 Å².